The van der Waals surface area contributed by atoms with Gasteiger partial charge in [-0.3, -0.25) is 0 Å². The Bertz CT molecular complexity index is 166. The Morgan fingerprint density at radius 2 is 1.38 bits per heavy atom. The summed E-state index contributed by atoms with van der Waals surface area (Å²) in [4.78, 5) is 0. The van der Waals surface area contributed by atoms with E-state index >= 15 is 0 Å². The lowest BCUT2D eigenvalue weighted by Crippen LogP contribution is -2.10. The van der Waals surface area contributed by atoms with Crippen LogP contribution in [-0.2, 0) is 10.2 Å². The van der Waals surface area contributed by atoms with E-state index in [1.54, 1.807) is 0 Å². The zero-order valence-electron chi connectivity index (χ0n) is 3.24. The molecule has 0 aliphatic rings. The van der Waals surface area contributed by atoms with Crippen LogP contribution in [0.2, 0.25) is 0 Å². The van der Waals surface area contributed by atoms with Gasteiger partial charge < -0.3 is 0 Å². The predicted octanol–water partition coefficient (Wildman–Crippen LogP) is 2.08. The molecule has 0 saturated heterocycles. The van der Waals surface area contributed by atoms with Gasteiger partial charge in [0, 0.05) is 0 Å². The van der Waals surface area contributed by atoms with Crippen molar-refractivity contribution in [3.8, 4) is 0 Å². The summed E-state index contributed by atoms with van der Waals surface area (Å²) in [5.74, 6) is 0. The van der Waals surface area contributed by atoms with Crippen molar-refractivity contribution in [2.24, 2.45) is 0 Å². The normalized spacial score (nSPS) is 14.0. The molecule has 0 atom stereocenters. The van der Waals surface area contributed by atoms with Crippen molar-refractivity contribution < 1.29 is 12.3 Å². The second-order valence-corrected chi connectivity index (χ2v) is 10.7. The molecule has 0 fully saturated rings. The Morgan fingerprint density at radius 3 is 1.38 bits per heavy atom. The van der Waals surface area contributed by atoms with Crippen LogP contribution in [0.15, 0.2) is 0 Å². The van der Waals surface area contributed by atoms with E-state index in [1.165, 1.54) is 0 Å². The molecule has 0 unspecified atom stereocenters. The lowest BCUT2D eigenvalue weighted by Gasteiger charge is -2.02. The average molecular weight is 335 g/mol. The molecule has 7 heteroatoms. The Morgan fingerprint density at radius 1 is 1.25 bits per heavy atom. The third-order valence-corrected chi connectivity index (χ3v) is 4.31. The highest BCUT2D eigenvalue weighted by Gasteiger charge is 2.35. The Hall–Kier alpha value is 1.32. The van der Waals surface area contributed by atoms with Crippen molar-refractivity contribution in [1.29, 1.82) is 0 Å². The van der Waals surface area contributed by atoms with Crippen LogP contribution >= 0.6 is 47.8 Å². The molecule has 0 rings (SSSR count). The van der Waals surface area contributed by atoms with E-state index in [4.69, 9.17) is 0 Å². The van der Waals surface area contributed by atoms with Crippen LogP contribution < -0.4 is 0 Å². The van der Waals surface area contributed by atoms with Gasteiger partial charge in [0.15, 0.2) is 0 Å². The Balaban J connectivity index is 4.53. The summed E-state index contributed by atoms with van der Waals surface area (Å²) in [6, 6.07) is 0. The molecule has 0 N–H and O–H groups in total. The average Bonchev–Trinajstić information content (AvgIpc) is 1.25. The first-order chi connectivity index (χ1) is 3.25. The van der Waals surface area contributed by atoms with Crippen LogP contribution in [0, 0.1) is 0 Å². The van der Waals surface area contributed by atoms with Crippen molar-refractivity contribution >= 4 is 58.0 Å². The summed E-state index contributed by atoms with van der Waals surface area (Å²) in [6.07, 6.45) is 0. The molecule has 0 aliphatic carbocycles. The van der Waals surface area contributed by atoms with E-state index in [0.717, 1.165) is 0 Å². The van der Waals surface area contributed by atoms with E-state index in [9.17, 15) is 12.3 Å². The third kappa shape index (κ3) is 2.75. The molecular weight excluding hydrogens is 335 g/mol. The smallest absolute Gasteiger partial charge is 0.191 e. The van der Waals surface area contributed by atoms with Crippen LogP contribution in [0.1, 0.15) is 0 Å². The highest BCUT2D eigenvalue weighted by atomic mass is 80.0. The summed E-state index contributed by atoms with van der Waals surface area (Å²) >= 11 is 7.41. The number of halogens is 4. The predicted molar refractivity (Wildman–Crippen MR) is 39.5 cm³/mol. The maximum Gasteiger partial charge on any atom is 0.338 e. The van der Waals surface area contributed by atoms with Gasteiger partial charge in [-0.2, -0.15) is 8.42 Å². The van der Waals surface area contributed by atoms with Crippen LogP contribution in [0.5, 0.6) is 0 Å². The minimum atomic E-state index is -4.59. The highest BCUT2D eigenvalue weighted by molar-refractivity contribution is 9.42. The number of hydrogen-bond donors (Lipinski definition) is 0. The molecule has 0 saturated carbocycles. The first kappa shape index (κ1) is 9.32. The minimum Gasteiger partial charge on any atom is -0.191 e. The summed E-state index contributed by atoms with van der Waals surface area (Å²) in [5.41, 5.74) is 0. The second-order valence-electron chi connectivity index (χ2n) is 0.884. The second kappa shape index (κ2) is 2.51. The van der Waals surface area contributed by atoms with E-state index in [1.807, 2.05) is 0 Å². The van der Waals surface area contributed by atoms with Gasteiger partial charge in [0.25, 0.3) is 1.47 Å². The molecule has 0 amide bonds. The number of hydrogen-bond acceptors (Lipinski definition) is 2. The van der Waals surface area contributed by atoms with E-state index < -0.39 is 11.7 Å². The van der Waals surface area contributed by atoms with Gasteiger partial charge in [0.05, 0.1) is 0 Å². The van der Waals surface area contributed by atoms with Gasteiger partial charge in [-0.05, 0) is 47.8 Å². The molecule has 8 heavy (non-hydrogen) atoms. The molecule has 0 aromatic carbocycles. The van der Waals surface area contributed by atoms with Gasteiger partial charge in [0.1, 0.15) is 0 Å². The van der Waals surface area contributed by atoms with Crippen LogP contribution in [0.3, 0.4) is 0 Å². The topological polar surface area (TPSA) is 34.1 Å². The minimum absolute atomic E-state index is 1.82. The maximum atomic E-state index is 11.7. The molecular formula is CBr3FO2S. The van der Waals surface area contributed by atoms with Crippen molar-refractivity contribution in [3.63, 3.8) is 0 Å². The Labute approximate surface area is 71.4 Å². The molecule has 0 aromatic heterocycles. The molecule has 0 aromatic rings. The van der Waals surface area contributed by atoms with Crippen LogP contribution in [0.4, 0.5) is 3.89 Å². The molecule has 2 nitrogen and oxygen atoms in total. The van der Waals surface area contributed by atoms with Crippen molar-refractivity contribution in [2.45, 2.75) is 1.47 Å². The largest absolute Gasteiger partial charge is 0.338 e. The molecule has 0 aliphatic heterocycles. The van der Waals surface area contributed by atoms with Gasteiger partial charge >= 0.3 is 10.2 Å². The lowest BCUT2D eigenvalue weighted by molar-refractivity contribution is 0.555. The Kier molecular flexibility index (Phi) is 2.93. The summed E-state index contributed by atoms with van der Waals surface area (Å²) in [6.45, 7) is 0. The zero-order chi connectivity index (χ0) is 7.00. The number of alkyl halides is 3. The highest BCUT2D eigenvalue weighted by Crippen LogP contribution is 2.40. The van der Waals surface area contributed by atoms with Gasteiger partial charge in [-0.15, -0.1) is 3.89 Å². The zero-order valence-corrected chi connectivity index (χ0v) is 8.81. The fraction of sp³-hybridized carbons (Fsp3) is 1.00. The van der Waals surface area contributed by atoms with Crippen LogP contribution in [-0.4, -0.2) is 9.89 Å². The maximum absolute atomic E-state index is 11.7. The molecule has 0 radical (unpaired) electrons. The molecule has 0 bridgehead atoms. The quantitative estimate of drug-likeness (QED) is 0.502. The number of rotatable bonds is 0. The summed E-state index contributed by atoms with van der Waals surface area (Å²) in [7, 11) is -4.59. The van der Waals surface area contributed by atoms with Gasteiger partial charge in [0.2, 0.25) is 0 Å². The monoisotopic (exact) mass is 332 g/mol. The SMILES string of the molecule is O=S(=O)(F)C(Br)(Br)Br. The van der Waals surface area contributed by atoms with Gasteiger partial charge in [-0.1, -0.05) is 0 Å². The van der Waals surface area contributed by atoms with E-state index in [2.05, 4.69) is 47.8 Å². The van der Waals surface area contributed by atoms with Crippen molar-refractivity contribution in [1.82, 2.24) is 0 Å². The third-order valence-electron chi connectivity index (χ3n) is 0.276. The first-order valence-electron chi connectivity index (χ1n) is 1.26. The molecule has 0 spiro atoms. The van der Waals surface area contributed by atoms with Crippen molar-refractivity contribution in [3.05, 3.63) is 0 Å². The fourth-order valence-corrected chi connectivity index (χ4v) is 0. The fourth-order valence-electron chi connectivity index (χ4n) is 0. The molecule has 50 valence electrons. The van der Waals surface area contributed by atoms with Crippen molar-refractivity contribution in [2.75, 3.05) is 0 Å². The first-order valence-corrected chi connectivity index (χ1v) is 5.02. The van der Waals surface area contributed by atoms with Crippen LogP contribution in [0.25, 0.3) is 0 Å². The lowest BCUT2D eigenvalue weighted by atomic mass is 11.9. The standard InChI is InChI=1S/CBr3FO2S/c2-1(3,4)8(5,6)7. The summed E-state index contributed by atoms with van der Waals surface area (Å²) < 4.78 is 29.6. The summed E-state index contributed by atoms with van der Waals surface area (Å²) in [5, 5.41) is 0. The van der Waals surface area contributed by atoms with Gasteiger partial charge in [-0.25, -0.2) is 0 Å². The van der Waals surface area contributed by atoms with E-state index in [-0.39, 0.29) is 0 Å². The van der Waals surface area contributed by atoms with E-state index in [0.29, 0.717) is 0 Å². The molecule has 0 heterocycles.